The first-order chi connectivity index (χ1) is 12.9. The highest BCUT2D eigenvalue weighted by atomic mass is 16.1. The number of nitrogens with zero attached hydrogens (tertiary/aromatic N) is 1. The smallest absolute Gasteiger partial charge is 0.252 e. The van der Waals surface area contributed by atoms with E-state index >= 15 is 0 Å². The fraction of sp³-hybridized carbons (Fsp3) is 0.350. The Bertz CT molecular complexity index is 852. The van der Waals surface area contributed by atoms with Gasteiger partial charge < -0.3 is 22.1 Å². The first-order valence-corrected chi connectivity index (χ1v) is 9.15. The first-order valence-electron chi connectivity index (χ1n) is 9.15. The highest BCUT2D eigenvalue weighted by Gasteiger charge is 2.22. The first kappa shape index (κ1) is 18.8. The summed E-state index contributed by atoms with van der Waals surface area (Å²) >= 11 is 0. The lowest BCUT2D eigenvalue weighted by Gasteiger charge is -2.29. The number of hydrogen-bond acceptors (Lipinski definition) is 6. The molecule has 7 heteroatoms. The fourth-order valence-corrected chi connectivity index (χ4v) is 3.32. The summed E-state index contributed by atoms with van der Waals surface area (Å²) in [6, 6.07) is 10.6. The number of hydrogen-bond donors (Lipinski definition) is 4. The normalized spacial score (nSPS) is 19.3. The number of carbonyl (C=O) groups excluding carboxylic acids is 2. The Morgan fingerprint density at radius 3 is 2.63 bits per heavy atom. The van der Waals surface area contributed by atoms with Gasteiger partial charge in [0.15, 0.2) is 5.78 Å². The van der Waals surface area contributed by atoms with E-state index in [1.54, 1.807) is 36.4 Å². The number of nitrogens with two attached hydrogens (primary N) is 2. The van der Waals surface area contributed by atoms with Crippen LogP contribution in [0.4, 0.5) is 17.3 Å². The van der Waals surface area contributed by atoms with E-state index in [1.807, 2.05) is 0 Å². The molecule has 27 heavy (non-hydrogen) atoms. The van der Waals surface area contributed by atoms with E-state index in [-0.39, 0.29) is 23.4 Å². The van der Waals surface area contributed by atoms with Crippen molar-refractivity contribution < 1.29 is 9.59 Å². The van der Waals surface area contributed by atoms with Crippen molar-refractivity contribution in [3.63, 3.8) is 0 Å². The van der Waals surface area contributed by atoms with Gasteiger partial charge in [0, 0.05) is 23.3 Å². The van der Waals surface area contributed by atoms with Crippen LogP contribution in [0.5, 0.6) is 0 Å². The maximum absolute atomic E-state index is 11.8. The largest absolute Gasteiger partial charge is 0.366 e. The van der Waals surface area contributed by atoms with E-state index in [0.29, 0.717) is 22.9 Å². The Morgan fingerprint density at radius 1 is 1.15 bits per heavy atom. The summed E-state index contributed by atoms with van der Waals surface area (Å²) in [6.07, 6.45) is 4.25. The molecule has 1 aromatic heterocycles. The number of ketones is 1. The molecule has 2 atom stereocenters. The van der Waals surface area contributed by atoms with Gasteiger partial charge in [0.1, 0.15) is 11.6 Å². The van der Waals surface area contributed by atoms with E-state index in [9.17, 15) is 9.59 Å². The molecule has 0 saturated heterocycles. The van der Waals surface area contributed by atoms with Crippen LogP contribution >= 0.6 is 0 Å². The molecule has 1 aliphatic rings. The van der Waals surface area contributed by atoms with E-state index in [0.717, 1.165) is 25.7 Å². The van der Waals surface area contributed by atoms with Crippen molar-refractivity contribution in [1.29, 1.82) is 0 Å². The van der Waals surface area contributed by atoms with Gasteiger partial charge in [-0.05, 0) is 44.0 Å². The van der Waals surface area contributed by atoms with Gasteiger partial charge in [0.05, 0.1) is 5.56 Å². The summed E-state index contributed by atoms with van der Waals surface area (Å²) in [6.45, 7) is 1.50. The van der Waals surface area contributed by atoms with Crippen molar-refractivity contribution >= 4 is 29.0 Å². The van der Waals surface area contributed by atoms with Crippen LogP contribution in [0.1, 0.15) is 53.3 Å². The number of Topliss-reactive ketones (excluding diaryl/α,β-unsaturated/α-hetero) is 1. The van der Waals surface area contributed by atoms with Gasteiger partial charge in [-0.15, -0.1) is 0 Å². The maximum atomic E-state index is 11.8. The highest BCUT2D eigenvalue weighted by Crippen LogP contribution is 2.25. The molecule has 1 aromatic carbocycles. The third kappa shape index (κ3) is 4.62. The number of nitrogens with one attached hydrogen (secondary N) is 2. The van der Waals surface area contributed by atoms with Crippen LogP contribution in [0.25, 0.3) is 0 Å². The molecule has 1 fully saturated rings. The predicted molar refractivity (Wildman–Crippen MR) is 106 cm³/mol. The molecule has 2 unspecified atom stereocenters. The van der Waals surface area contributed by atoms with E-state index in [1.165, 1.54) is 6.92 Å². The Morgan fingerprint density at radius 2 is 1.93 bits per heavy atom. The Balaban J connectivity index is 1.86. The quantitative estimate of drug-likeness (QED) is 0.582. The van der Waals surface area contributed by atoms with Crippen molar-refractivity contribution in [3.05, 3.63) is 47.5 Å². The number of primary amides is 1. The Hall–Kier alpha value is -2.93. The lowest BCUT2D eigenvalue weighted by Crippen LogP contribution is -2.42. The molecule has 1 aliphatic carbocycles. The third-order valence-electron chi connectivity index (χ3n) is 4.85. The predicted octanol–water partition coefficient (Wildman–Crippen LogP) is 2.81. The molecule has 3 rings (SSSR count). The van der Waals surface area contributed by atoms with Gasteiger partial charge in [0.25, 0.3) is 5.91 Å². The van der Waals surface area contributed by atoms with Crippen LogP contribution in [0.2, 0.25) is 0 Å². The summed E-state index contributed by atoms with van der Waals surface area (Å²) in [7, 11) is 0. The van der Waals surface area contributed by atoms with Crippen molar-refractivity contribution in [2.24, 2.45) is 11.5 Å². The molecule has 0 spiro atoms. The summed E-state index contributed by atoms with van der Waals surface area (Å²) in [5.74, 6) is 0.363. The van der Waals surface area contributed by atoms with Crippen LogP contribution < -0.4 is 22.1 Å². The molecule has 1 saturated carbocycles. The Kier molecular flexibility index (Phi) is 5.71. The Labute approximate surface area is 158 Å². The summed E-state index contributed by atoms with van der Waals surface area (Å²) < 4.78 is 0. The van der Waals surface area contributed by atoms with E-state index in [2.05, 4.69) is 15.6 Å². The van der Waals surface area contributed by atoms with Crippen molar-refractivity contribution in [2.75, 3.05) is 10.6 Å². The van der Waals surface area contributed by atoms with E-state index in [4.69, 9.17) is 11.5 Å². The lowest BCUT2D eigenvalue weighted by atomic mass is 9.91. The summed E-state index contributed by atoms with van der Waals surface area (Å²) in [4.78, 5) is 27.9. The van der Waals surface area contributed by atoms with Gasteiger partial charge in [-0.1, -0.05) is 25.0 Å². The molecular formula is C20H25N5O2. The summed E-state index contributed by atoms with van der Waals surface area (Å²) in [5, 5.41) is 6.47. The SMILES string of the molecule is CC(=O)c1cccc(Nc2nc(NC3CCCCC3N)ccc2C(N)=O)c1. The summed E-state index contributed by atoms with van der Waals surface area (Å²) in [5.41, 5.74) is 13.2. The minimum atomic E-state index is -0.575. The van der Waals surface area contributed by atoms with Gasteiger partial charge >= 0.3 is 0 Å². The lowest BCUT2D eigenvalue weighted by molar-refractivity contribution is 0.0996. The third-order valence-corrected chi connectivity index (χ3v) is 4.85. The molecule has 0 aliphatic heterocycles. The molecule has 0 radical (unpaired) electrons. The molecule has 0 bridgehead atoms. The molecule has 1 heterocycles. The maximum Gasteiger partial charge on any atom is 0.252 e. The number of carbonyl (C=O) groups is 2. The zero-order valence-corrected chi connectivity index (χ0v) is 15.4. The standard InChI is InChI=1S/C20H25N5O2/c1-12(26)13-5-4-6-14(11-13)23-20-15(19(22)27)9-10-18(25-20)24-17-8-3-2-7-16(17)21/h4-6,9-11,16-17H,2-3,7-8,21H2,1H3,(H2,22,27)(H2,23,24,25). The monoisotopic (exact) mass is 367 g/mol. The number of pyridine rings is 1. The average molecular weight is 367 g/mol. The van der Waals surface area contributed by atoms with Crippen LogP contribution in [0, 0.1) is 0 Å². The number of benzene rings is 1. The molecule has 142 valence electrons. The molecule has 6 N–H and O–H groups in total. The van der Waals surface area contributed by atoms with Crippen molar-refractivity contribution in [3.8, 4) is 0 Å². The number of anilines is 3. The van der Waals surface area contributed by atoms with Gasteiger partial charge in [-0.3, -0.25) is 9.59 Å². The number of rotatable bonds is 6. The number of amides is 1. The molecule has 7 nitrogen and oxygen atoms in total. The highest BCUT2D eigenvalue weighted by molar-refractivity contribution is 5.99. The van der Waals surface area contributed by atoms with Gasteiger partial charge in [-0.2, -0.15) is 0 Å². The fourth-order valence-electron chi connectivity index (χ4n) is 3.32. The minimum Gasteiger partial charge on any atom is -0.366 e. The van der Waals surface area contributed by atoms with Crippen LogP contribution in [-0.2, 0) is 0 Å². The van der Waals surface area contributed by atoms with Gasteiger partial charge in [-0.25, -0.2) is 4.98 Å². The van der Waals surface area contributed by atoms with Crippen molar-refractivity contribution in [1.82, 2.24) is 4.98 Å². The molecule has 1 amide bonds. The second-order valence-corrected chi connectivity index (χ2v) is 6.92. The molecular weight excluding hydrogens is 342 g/mol. The topological polar surface area (TPSA) is 123 Å². The van der Waals surface area contributed by atoms with Crippen LogP contribution in [0.15, 0.2) is 36.4 Å². The zero-order valence-electron chi connectivity index (χ0n) is 15.4. The molecule has 2 aromatic rings. The van der Waals surface area contributed by atoms with E-state index < -0.39 is 5.91 Å². The average Bonchev–Trinajstić information content (AvgIpc) is 2.64. The second kappa shape index (κ2) is 8.18. The van der Waals surface area contributed by atoms with Gasteiger partial charge in [0.2, 0.25) is 0 Å². The minimum absolute atomic E-state index is 0.0385. The van der Waals surface area contributed by atoms with Crippen LogP contribution in [0.3, 0.4) is 0 Å². The zero-order chi connectivity index (χ0) is 19.4. The van der Waals surface area contributed by atoms with Crippen molar-refractivity contribution in [2.45, 2.75) is 44.7 Å². The van der Waals surface area contributed by atoms with Crippen LogP contribution in [-0.4, -0.2) is 28.8 Å². The number of aromatic nitrogens is 1. The second-order valence-electron chi connectivity index (χ2n) is 6.92.